The van der Waals surface area contributed by atoms with Crippen molar-refractivity contribution in [2.24, 2.45) is 10.2 Å². The molecule has 0 N–H and O–H groups in total. The van der Waals surface area contributed by atoms with Crippen LogP contribution in [0.3, 0.4) is 0 Å². The van der Waals surface area contributed by atoms with E-state index in [-0.39, 0.29) is 12.4 Å². The van der Waals surface area contributed by atoms with Crippen molar-refractivity contribution in [1.29, 1.82) is 0 Å². The first kappa shape index (κ1) is 16.8. The summed E-state index contributed by atoms with van der Waals surface area (Å²) >= 11 is 0. The largest absolute Gasteiger partial charge is 0.466 e. The van der Waals surface area contributed by atoms with Crippen molar-refractivity contribution in [3.63, 3.8) is 0 Å². The van der Waals surface area contributed by atoms with E-state index in [9.17, 15) is 9.18 Å². The van der Waals surface area contributed by atoms with Gasteiger partial charge in [-0.15, -0.1) is 10.2 Å². The third-order valence-corrected chi connectivity index (χ3v) is 3.57. The maximum atomic E-state index is 13.3. The Kier molecular flexibility index (Phi) is 4.83. The molecular weight excluding hydrogens is 323 g/mol. The summed E-state index contributed by atoms with van der Waals surface area (Å²) in [4.78, 5) is 16.4. The van der Waals surface area contributed by atoms with Crippen LogP contribution >= 0.6 is 0 Å². The molecule has 7 heteroatoms. The average molecular weight is 340 g/mol. The average Bonchev–Trinajstić information content (AvgIpc) is 2.92. The Bertz CT molecular complexity index is 949. The smallest absolute Gasteiger partial charge is 0.312 e. The highest BCUT2D eigenvalue weighted by Crippen LogP contribution is 2.26. The van der Waals surface area contributed by atoms with Crippen molar-refractivity contribution < 1.29 is 13.9 Å². The predicted octanol–water partition coefficient (Wildman–Crippen LogP) is 4.30. The lowest BCUT2D eigenvalue weighted by atomic mass is 10.3. The summed E-state index contributed by atoms with van der Waals surface area (Å²) in [6.45, 7) is 3.96. The van der Waals surface area contributed by atoms with Crippen LogP contribution in [-0.4, -0.2) is 22.0 Å². The molecule has 0 spiro atoms. The Labute approximate surface area is 144 Å². The molecule has 0 saturated heterocycles. The molecule has 0 aliphatic heterocycles. The number of hydrogen-bond donors (Lipinski definition) is 0. The molecule has 3 rings (SSSR count). The topological polar surface area (TPSA) is 68.3 Å². The Morgan fingerprint density at radius 2 is 2.12 bits per heavy atom. The van der Waals surface area contributed by atoms with Gasteiger partial charge in [-0.1, -0.05) is 12.1 Å². The van der Waals surface area contributed by atoms with Crippen molar-refractivity contribution in [3.8, 4) is 0 Å². The van der Waals surface area contributed by atoms with E-state index in [1.807, 2.05) is 19.1 Å². The second-order valence-electron chi connectivity index (χ2n) is 5.43. The Morgan fingerprint density at radius 1 is 1.28 bits per heavy atom. The maximum Gasteiger partial charge on any atom is 0.312 e. The maximum absolute atomic E-state index is 13.3. The lowest BCUT2D eigenvalue weighted by Gasteiger charge is -2.01. The number of azo groups is 1. The zero-order chi connectivity index (χ0) is 17.8. The number of aryl methyl sites for hydroxylation is 1. The number of hydrogen-bond acceptors (Lipinski definition) is 5. The van der Waals surface area contributed by atoms with E-state index in [4.69, 9.17) is 4.74 Å². The fourth-order valence-electron chi connectivity index (χ4n) is 2.46. The van der Waals surface area contributed by atoms with E-state index >= 15 is 0 Å². The first-order valence-electron chi connectivity index (χ1n) is 7.88. The summed E-state index contributed by atoms with van der Waals surface area (Å²) in [5.41, 5.74) is 2.48. The molecule has 0 aliphatic rings. The minimum absolute atomic E-state index is 0.00748. The summed E-state index contributed by atoms with van der Waals surface area (Å²) in [5.74, 6) is -0.348. The molecule has 0 bridgehead atoms. The summed E-state index contributed by atoms with van der Waals surface area (Å²) in [5, 5.41) is 8.29. The number of carbonyl (C=O) groups is 1. The molecule has 0 radical (unpaired) electrons. The highest BCUT2D eigenvalue weighted by Gasteiger charge is 2.17. The van der Waals surface area contributed by atoms with Gasteiger partial charge in [-0.3, -0.25) is 9.20 Å². The summed E-state index contributed by atoms with van der Waals surface area (Å²) in [6.07, 6.45) is 1.79. The van der Waals surface area contributed by atoms with Gasteiger partial charge in [-0.2, -0.15) is 0 Å². The number of carbonyl (C=O) groups excluding carboxylic acids is 1. The quantitative estimate of drug-likeness (QED) is 0.513. The molecule has 128 valence electrons. The molecule has 0 aliphatic carbocycles. The fourth-order valence-corrected chi connectivity index (χ4v) is 2.46. The van der Waals surface area contributed by atoms with Gasteiger partial charge >= 0.3 is 5.97 Å². The first-order valence-corrected chi connectivity index (χ1v) is 7.88. The lowest BCUT2D eigenvalue weighted by molar-refractivity contribution is -0.142. The molecule has 0 saturated carbocycles. The van der Waals surface area contributed by atoms with Gasteiger partial charge in [0.05, 0.1) is 24.4 Å². The molecule has 6 nitrogen and oxygen atoms in total. The van der Waals surface area contributed by atoms with E-state index in [2.05, 4.69) is 15.2 Å². The van der Waals surface area contributed by atoms with Gasteiger partial charge in [0.1, 0.15) is 11.5 Å². The zero-order valence-corrected chi connectivity index (χ0v) is 13.9. The molecule has 2 heterocycles. The van der Waals surface area contributed by atoms with Gasteiger partial charge in [0.25, 0.3) is 0 Å². The van der Waals surface area contributed by atoms with Crippen LogP contribution < -0.4 is 0 Å². The van der Waals surface area contributed by atoms with Crippen LogP contribution in [0.1, 0.15) is 18.2 Å². The Morgan fingerprint density at radius 3 is 2.88 bits per heavy atom. The van der Waals surface area contributed by atoms with E-state index in [0.717, 1.165) is 5.56 Å². The van der Waals surface area contributed by atoms with Gasteiger partial charge in [0.2, 0.25) is 0 Å². The minimum atomic E-state index is -0.391. The monoisotopic (exact) mass is 340 g/mol. The number of pyridine rings is 1. The number of imidazole rings is 1. The van der Waals surface area contributed by atoms with E-state index in [1.165, 1.54) is 12.1 Å². The molecule has 0 amide bonds. The third kappa shape index (κ3) is 3.71. The number of esters is 1. The number of halogens is 1. The van der Waals surface area contributed by atoms with E-state index in [0.29, 0.717) is 29.5 Å². The highest BCUT2D eigenvalue weighted by molar-refractivity contribution is 5.74. The van der Waals surface area contributed by atoms with Crippen LogP contribution in [0.15, 0.2) is 52.8 Å². The van der Waals surface area contributed by atoms with Gasteiger partial charge in [0.15, 0.2) is 5.82 Å². The molecule has 0 atom stereocenters. The van der Waals surface area contributed by atoms with E-state index < -0.39 is 5.82 Å². The van der Waals surface area contributed by atoms with Crippen LogP contribution in [-0.2, 0) is 16.0 Å². The van der Waals surface area contributed by atoms with Gasteiger partial charge < -0.3 is 4.74 Å². The number of rotatable bonds is 5. The second-order valence-corrected chi connectivity index (χ2v) is 5.43. The minimum Gasteiger partial charge on any atom is -0.466 e. The molecular formula is C18H17FN4O2. The standard InChI is InChI=1S/C18H17FN4O2/c1-3-25-16(24)11-15-18(22-21-14-8-4-7-13(19)10-14)23-9-5-6-12(2)17(23)20-15/h4-10H,3,11H2,1-2H3. The predicted molar refractivity (Wildman–Crippen MR) is 90.8 cm³/mol. The van der Waals surface area contributed by atoms with Crippen LogP contribution in [0, 0.1) is 12.7 Å². The van der Waals surface area contributed by atoms with Crippen LogP contribution in [0.2, 0.25) is 0 Å². The summed E-state index contributed by atoms with van der Waals surface area (Å²) < 4.78 is 20.0. The second kappa shape index (κ2) is 7.21. The molecule has 0 unspecified atom stereocenters. The molecule has 0 fully saturated rings. The lowest BCUT2D eigenvalue weighted by Crippen LogP contribution is -2.07. The van der Waals surface area contributed by atoms with Crippen molar-refractivity contribution in [3.05, 3.63) is 59.7 Å². The summed E-state index contributed by atoms with van der Waals surface area (Å²) in [6, 6.07) is 9.60. The van der Waals surface area contributed by atoms with Gasteiger partial charge in [-0.05, 0) is 37.6 Å². The van der Waals surface area contributed by atoms with Crippen LogP contribution in [0.5, 0.6) is 0 Å². The van der Waals surface area contributed by atoms with Crippen LogP contribution in [0.25, 0.3) is 5.65 Å². The number of aromatic nitrogens is 2. The number of benzene rings is 1. The van der Waals surface area contributed by atoms with Crippen LogP contribution in [0.4, 0.5) is 15.9 Å². The van der Waals surface area contributed by atoms with Gasteiger partial charge in [0, 0.05) is 12.3 Å². The van der Waals surface area contributed by atoms with Crippen molar-refractivity contribution >= 4 is 23.1 Å². The molecule has 2 aromatic heterocycles. The summed E-state index contributed by atoms with van der Waals surface area (Å²) in [7, 11) is 0. The normalized spacial score (nSPS) is 11.3. The molecule has 3 aromatic rings. The van der Waals surface area contributed by atoms with Crippen molar-refractivity contribution in [2.75, 3.05) is 6.61 Å². The molecule has 1 aromatic carbocycles. The van der Waals surface area contributed by atoms with Gasteiger partial charge in [-0.25, -0.2) is 9.37 Å². The van der Waals surface area contributed by atoms with E-state index in [1.54, 1.807) is 29.7 Å². The number of nitrogens with zero attached hydrogens (tertiary/aromatic N) is 4. The Balaban J connectivity index is 2.04. The zero-order valence-electron chi connectivity index (χ0n) is 13.9. The number of ether oxygens (including phenoxy) is 1. The van der Waals surface area contributed by atoms with Crippen molar-refractivity contribution in [1.82, 2.24) is 9.38 Å². The Hall–Kier alpha value is -3.09. The number of fused-ring (bicyclic) bond motifs is 1. The highest BCUT2D eigenvalue weighted by atomic mass is 19.1. The van der Waals surface area contributed by atoms with Crippen molar-refractivity contribution in [2.45, 2.75) is 20.3 Å². The molecule has 25 heavy (non-hydrogen) atoms. The SMILES string of the molecule is CCOC(=O)Cc1nc2c(C)cccn2c1N=Nc1cccc(F)c1. The fraction of sp³-hybridized carbons (Fsp3) is 0.222. The third-order valence-electron chi connectivity index (χ3n) is 3.57. The first-order chi connectivity index (χ1) is 12.1.